The number of amides is 3. The van der Waals surface area contributed by atoms with E-state index in [1.54, 1.807) is 24.3 Å². The topological polar surface area (TPSA) is 66.5 Å². The van der Waals surface area contributed by atoms with Gasteiger partial charge in [-0.1, -0.05) is 42.8 Å². The van der Waals surface area contributed by atoms with Gasteiger partial charge < -0.3 is 5.32 Å². The number of nitrogens with one attached hydrogen (secondary N) is 1. The van der Waals surface area contributed by atoms with E-state index in [2.05, 4.69) is 5.32 Å². The molecule has 148 valence electrons. The van der Waals surface area contributed by atoms with Gasteiger partial charge in [0.2, 0.25) is 11.8 Å². The lowest BCUT2D eigenvalue weighted by Crippen LogP contribution is -2.31. The molecule has 1 saturated heterocycles. The number of hydrogen-bond donors (Lipinski definition) is 1. The third-order valence-electron chi connectivity index (χ3n) is 5.84. The first kappa shape index (κ1) is 19.1. The molecular weight excluding hydrogens is 364 g/mol. The number of nitrogens with zero attached hydrogens (tertiary/aromatic N) is 1. The van der Waals surface area contributed by atoms with Crippen molar-refractivity contribution in [3.8, 4) is 0 Å². The summed E-state index contributed by atoms with van der Waals surface area (Å²) in [7, 11) is 0. The molecule has 1 aliphatic heterocycles. The molecule has 1 heterocycles. The summed E-state index contributed by atoms with van der Waals surface area (Å²) in [5, 5.41) is 2.94. The van der Waals surface area contributed by atoms with E-state index in [-0.39, 0.29) is 29.6 Å². The number of para-hydroxylation sites is 1. The van der Waals surface area contributed by atoms with Gasteiger partial charge in [0.15, 0.2) is 0 Å². The van der Waals surface area contributed by atoms with Crippen molar-refractivity contribution in [2.75, 3.05) is 10.2 Å². The van der Waals surface area contributed by atoms with Gasteiger partial charge in [-0.05, 0) is 56.0 Å². The molecule has 0 aromatic heterocycles. The maximum Gasteiger partial charge on any atom is 0.255 e. The van der Waals surface area contributed by atoms with Gasteiger partial charge in [0.1, 0.15) is 0 Å². The Kier molecular flexibility index (Phi) is 5.05. The first-order chi connectivity index (χ1) is 14.0. The molecule has 4 rings (SSSR count). The molecule has 5 nitrogen and oxygen atoms in total. The van der Waals surface area contributed by atoms with Gasteiger partial charge in [0, 0.05) is 11.3 Å². The Labute approximate surface area is 170 Å². The van der Waals surface area contributed by atoms with Crippen molar-refractivity contribution in [2.45, 2.75) is 33.1 Å². The van der Waals surface area contributed by atoms with E-state index in [0.29, 0.717) is 24.1 Å². The van der Waals surface area contributed by atoms with E-state index < -0.39 is 0 Å². The molecule has 3 amide bonds. The maximum atomic E-state index is 12.9. The maximum absolute atomic E-state index is 12.9. The van der Waals surface area contributed by atoms with Crippen LogP contribution in [0.4, 0.5) is 11.4 Å². The van der Waals surface area contributed by atoms with Crippen molar-refractivity contribution in [1.82, 2.24) is 0 Å². The van der Waals surface area contributed by atoms with Gasteiger partial charge in [-0.3, -0.25) is 19.3 Å². The molecule has 2 unspecified atom stereocenters. The molecular formula is C24H24N2O3. The highest BCUT2D eigenvalue weighted by molar-refractivity contribution is 6.22. The third kappa shape index (κ3) is 3.48. The van der Waals surface area contributed by atoms with Crippen molar-refractivity contribution in [3.05, 3.63) is 71.3 Å². The molecule has 0 radical (unpaired) electrons. The summed E-state index contributed by atoms with van der Waals surface area (Å²) >= 11 is 0. The Morgan fingerprint density at radius 1 is 1.07 bits per heavy atom. The number of carbonyl (C=O) groups is 3. The van der Waals surface area contributed by atoms with Crippen LogP contribution in [0.25, 0.3) is 0 Å². The number of fused-ring (bicyclic) bond motifs is 1. The number of carbonyl (C=O) groups excluding carboxylic acids is 3. The molecule has 29 heavy (non-hydrogen) atoms. The van der Waals surface area contributed by atoms with E-state index in [4.69, 9.17) is 0 Å². The zero-order chi connectivity index (χ0) is 20.5. The third-order valence-corrected chi connectivity index (χ3v) is 5.84. The Morgan fingerprint density at radius 2 is 1.83 bits per heavy atom. The van der Waals surface area contributed by atoms with Crippen LogP contribution in [0.15, 0.2) is 60.2 Å². The van der Waals surface area contributed by atoms with E-state index in [1.807, 2.05) is 44.2 Å². The van der Waals surface area contributed by atoms with Crippen LogP contribution >= 0.6 is 0 Å². The highest BCUT2D eigenvalue weighted by Crippen LogP contribution is 2.39. The summed E-state index contributed by atoms with van der Waals surface area (Å²) in [6, 6.07) is 14.4. The molecule has 1 N–H and O–H groups in total. The van der Waals surface area contributed by atoms with Crippen LogP contribution in [0.5, 0.6) is 0 Å². The SMILES string of the molecule is CCc1ccccc1NC(=O)c1cccc(N2C(=O)C3CC=C(C)CC3C2=O)c1. The second-order valence-corrected chi connectivity index (χ2v) is 7.73. The largest absolute Gasteiger partial charge is 0.322 e. The van der Waals surface area contributed by atoms with E-state index in [1.165, 1.54) is 4.90 Å². The first-order valence-electron chi connectivity index (χ1n) is 10.0. The highest BCUT2D eigenvalue weighted by Gasteiger charge is 2.48. The normalized spacial score (nSPS) is 21.0. The quantitative estimate of drug-likeness (QED) is 0.626. The fourth-order valence-electron chi connectivity index (χ4n) is 4.22. The van der Waals surface area contributed by atoms with Crippen molar-refractivity contribution in [3.63, 3.8) is 0 Å². The monoisotopic (exact) mass is 388 g/mol. The minimum Gasteiger partial charge on any atom is -0.322 e. The van der Waals surface area contributed by atoms with Gasteiger partial charge in [-0.2, -0.15) is 0 Å². The van der Waals surface area contributed by atoms with Crippen molar-refractivity contribution in [2.24, 2.45) is 11.8 Å². The molecule has 2 aliphatic rings. The van der Waals surface area contributed by atoms with Crippen molar-refractivity contribution >= 4 is 29.1 Å². The predicted molar refractivity (Wildman–Crippen MR) is 113 cm³/mol. The van der Waals surface area contributed by atoms with Gasteiger partial charge in [-0.15, -0.1) is 0 Å². The lowest BCUT2D eigenvalue weighted by molar-refractivity contribution is -0.122. The molecule has 0 bridgehead atoms. The second kappa shape index (κ2) is 7.66. The Hall–Kier alpha value is -3.21. The van der Waals surface area contributed by atoms with E-state index in [0.717, 1.165) is 23.2 Å². The number of aryl methyl sites for hydroxylation is 1. The molecule has 1 fully saturated rings. The summed E-state index contributed by atoms with van der Waals surface area (Å²) in [6.07, 6.45) is 4.08. The molecule has 2 atom stereocenters. The Bertz CT molecular complexity index is 1020. The van der Waals surface area contributed by atoms with Gasteiger partial charge >= 0.3 is 0 Å². The molecule has 5 heteroatoms. The standard InChI is InChI=1S/C24H24N2O3/c1-3-16-7-4-5-10-21(16)25-22(27)17-8-6-9-18(14-17)26-23(28)19-12-11-15(2)13-20(19)24(26)29/h4-11,14,19-20H,3,12-13H2,1-2H3,(H,25,27). The summed E-state index contributed by atoms with van der Waals surface area (Å²) in [5.74, 6) is -1.18. The molecule has 0 saturated carbocycles. The number of imide groups is 1. The smallest absolute Gasteiger partial charge is 0.255 e. The van der Waals surface area contributed by atoms with Crippen LogP contribution in [0, 0.1) is 11.8 Å². The Balaban J connectivity index is 1.58. The van der Waals surface area contributed by atoms with Gasteiger partial charge in [0.25, 0.3) is 5.91 Å². The lowest BCUT2D eigenvalue weighted by atomic mass is 9.82. The average molecular weight is 388 g/mol. The van der Waals surface area contributed by atoms with Gasteiger partial charge in [0.05, 0.1) is 17.5 Å². The highest BCUT2D eigenvalue weighted by atomic mass is 16.2. The summed E-state index contributed by atoms with van der Waals surface area (Å²) in [5.41, 5.74) is 3.85. The van der Waals surface area contributed by atoms with Crippen LogP contribution in [0.1, 0.15) is 42.6 Å². The average Bonchev–Trinajstić information content (AvgIpc) is 2.98. The van der Waals surface area contributed by atoms with Crippen molar-refractivity contribution in [1.29, 1.82) is 0 Å². The van der Waals surface area contributed by atoms with Crippen LogP contribution in [0.2, 0.25) is 0 Å². The van der Waals surface area contributed by atoms with Crippen LogP contribution < -0.4 is 10.2 Å². The zero-order valence-electron chi connectivity index (χ0n) is 16.6. The number of rotatable bonds is 4. The summed E-state index contributed by atoms with van der Waals surface area (Å²) in [4.78, 5) is 39.9. The van der Waals surface area contributed by atoms with Crippen LogP contribution in [0.3, 0.4) is 0 Å². The van der Waals surface area contributed by atoms with Crippen LogP contribution in [-0.4, -0.2) is 17.7 Å². The molecule has 2 aromatic rings. The fraction of sp³-hybridized carbons (Fsp3) is 0.292. The van der Waals surface area contributed by atoms with Crippen LogP contribution in [-0.2, 0) is 16.0 Å². The lowest BCUT2D eigenvalue weighted by Gasteiger charge is -2.18. The first-order valence-corrected chi connectivity index (χ1v) is 10.0. The molecule has 2 aromatic carbocycles. The van der Waals surface area contributed by atoms with Gasteiger partial charge in [-0.25, -0.2) is 0 Å². The predicted octanol–water partition coefficient (Wildman–Crippen LogP) is 4.35. The van der Waals surface area contributed by atoms with Crippen molar-refractivity contribution < 1.29 is 14.4 Å². The second-order valence-electron chi connectivity index (χ2n) is 7.73. The Morgan fingerprint density at radius 3 is 2.62 bits per heavy atom. The summed E-state index contributed by atoms with van der Waals surface area (Å²) in [6.45, 7) is 4.03. The number of hydrogen-bond acceptors (Lipinski definition) is 3. The van der Waals surface area contributed by atoms with E-state index >= 15 is 0 Å². The van der Waals surface area contributed by atoms with E-state index in [9.17, 15) is 14.4 Å². The zero-order valence-corrected chi connectivity index (χ0v) is 16.6. The summed E-state index contributed by atoms with van der Waals surface area (Å²) < 4.78 is 0. The number of anilines is 2. The minimum absolute atomic E-state index is 0.165. The molecule has 0 spiro atoms. The number of benzene rings is 2. The fourth-order valence-corrected chi connectivity index (χ4v) is 4.22. The number of allylic oxidation sites excluding steroid dienone is 2. The minimum atomic E-state index is -0.292. The molecule has 1 aliphatic carbocycles.